The Morgan fingerprint density at radius 2 is 1.93 bits per heavy atom. The van der Waals surface area contributed by atoms with Crippen molar-refractivity contribution < 1.29 is 24.9 Å². The molecule has 0 saturated heterocycles. The van der Waals surface area contributed by atoms with Crippen molar-refractivity contribution in [2.75, 3.05) is 0 Å². The molecule has 1 aromatic rings. The van der Waals surface area contributed by atoms with Gasteiger partial charge in [-0.3, -0.25) is 4.79 Å². The largest absolute Gasteiger partial charge is 0.481 e. The summed E-state index contributed by atoms with van der Waals surface area (Å²) in [5.41, 5.74) is 0.314. The molecule has 0 spiro atoms. The fraction of sp³-hybridized carbons (Fsp3) is 0.200. The van der Waals surface area contributed by atoms with Crippen LogP contribution in [-0.2, 0) is 4.79 Å². The Morgan fingerprint density at radius 1 is 1.27 bits per heavy atom. The van der Waals surface area contributed by atoms with E-state index >= 15 is 0 Å². The van der Waals surface area contributed by atoms with E-state index in [9.17, 15) is 14.7 Å². The lowest BCUT2D eigenvalue weighted by Crippen LogP contribution is -2.06. The smallest absolute Gasteiger partial charge is 0.335 e. The van der Waals surface area contributed by atoms with E-state index < -0.39 is 24.5 Å². The lowest BCUT2D eigenvalue weighted by atomic mass is 10.0. The van der Waals surface area contributed by atoms with Crippen LogP contribution < -0.4 is 0 Å². The molecule has 5 nitrogen and oxygen atoms in total. The van der Waals surface area contributed by atoms with Gasteiger partial charge in [-0.1, -0.05) is 12.1 Å². The van der Waals surface area contributed by atoms with Crippen LogP contribution in [0.2, 0.25) is 0 Å². The van der Waals surface area contributed by atoms with Crippen LogP contribution in [0.25, 0.3) is 0 Å². The molecule has 0 aliphatic heterocycles. The molecule has 0 aliphatic carbocycles. The van der Waals surface area contributed by atoms with Gasteiger partial charge in [-0.2, -0.15) is 0 Å². The van der Waals surface area contributed by atoms with Crippen LogP contribution in [0.4, 0.5) is 0 Å². The predicted molar refractivity (Wildman–Crippen MR) is 50.6 cm³/mol. The zero-order valence-electron chi connectivity index (χ0n) is 7.75. The lowest BCUT2D eigenvalue weighted by Gasteiger charge is -2.08. The molecule has 0 saturated carbocycles. The van der Waals surface area contributed by atoms with Crippen LogP contribution in [0.15, 0.2) is 24.3 Å². The Balaban J connectivity index is 2.89. The standard InChI is InChI=1S/C10H10O5/c11-8(5-9(12)13)6-2-1-3-7(4-6)10(14)15/h1-4,8,11H,5H2,(H,12,13)(H,14,15)/t8-/m1/s1. The first-order chi connectivity index (χ1) is 7.00. The normalized spacial score (nSPS) is 12.1. The number of aliphatic hydroxyl groups excluding tert-OH is 1. The van der Waals surface area contributed by atoms with E-state index in [1.807, 2.05) is 0 Å². The molecule has 0 aromatic heterocycles. The van der Waals surface area contributed by atoms with Gasteiger partial charge in [0.15, 0.2) is 0 Å². The predicted octanol–water partition coefficient (Wildman–Crippen LogP) is 0.893. The Morgan fingerprint density at radius 3 is 2.47 bits per heavy atom. The summed E-state index contributed by atoms with van der Waals surface area (Å²) in [7, 11) is 0. The number of carbonyl (C=O) groups is 2. The van der Waals surface area contributed by atoms with Gasteiger partial charge in [0.05, 0.1) is 18.1 Å². The molecule has 1 rings (SSSR count). The van der Waals surface area contributed by atoms with Crippen LogP contribution in [0, 0.1) is 0 Å². The molecule has 5 heteroatoms. The minimum absolute atomic E-state index is 0.0249. The number of aliphatic carboxylic acids is 1. The maximum absolute atomic E-state index is 10.6. The lowest BCUT2D eigenvalue weighted by molar-refractivity contribution is -0.139. The number of hydrogen-bond acceptors (Lipinski definition) is 3. The first-order valence-electron chi connectivity index (χ1n) is 4.24. The minimum atomic E-state index is -1.18. The third-order valence-corrected chi connectivity index (χ3v) is 1.89. The molecule has 0 heterocycles. The highest BCUT2D eigenvalue weighted by atomic mass is 16.4. The van der Waals surface area contributed by atoms with E-state index in [0.29, 0.717) is 0 Å². The van der Waals surface area contributed by atoms with Crippen molar-refractivity contribution >= 4 is 11.9 Å². The summed E-state index contributed by atoms with van der Waals surface area (Å²) < 4.78 is 0. The molecular weight excluding hydrogens is 200 g/mol. The summed E-state index contributed by atoms with van der Waals surface area (Å²) in [6, 6.07) is 5.58. The minimum Gasteiger partial charge on any atom is -0.481 e. The van der Waals surface area contributed by atoms with E-state index in [2.05, 4.69) is 0 Å². The van der Waals surface area contributed by atoms with Gasteiger partial charge in [-0.25, -0.2) is 4.79 Å². The highest BCUT2D eigenvalue weighted by molar-refractivity contribution is 5.87. The van der Waals surface area contributed by atoms with Crippen LogP contribution in [0.1, 0.15) is 28.4 Å². The average molecular weight is 210 g/mol. The summed E-state index contributed by atoms with van der Waals surface area (Å²) in [4.78, 5) is 20.9. The van der Waals surface area contributed by atoms with Crippen molar-refractivity contribution in [1.82, 2.24) is 0 Å². The average Bonchev–Trinajstić information content (AvgIpc) is 2.17. The van der Waals surface area contributed by atoms with Gasteiger partial charge >= 0.3 is 11.9 Å². The molecular formula is C10H10O5. The zero-order chi connectivity index (χ0) is 11.4. The molecule has 3 N–H and O–H groups in total. The summed E-state index contributed by atoms with van der Waals surface area (Å²) in [5, 5.41) is 26.5. The van der Waals surface area contributed by atoms with E-state index in [1.54, 1.807) is 0 Å². The van der Waals surface area contributed by atoms with E-state index in [0.717, 1.165) is 0 Å². The molecule has 15 heavy (non-hydrogen) atoms. The Hall–Kier alpha value is -1.88. The molecule has 0 bridgehead atoms. The maximum Gasteiger partial charge on any atom is 0.335 e. The Labute approximate surface area is 85.6 Å². The van der Waals surface area contributed by atoms with Crippen LogP contribution in [0.5, 0.6) is 0 Å². The highest BCUT2D eigenvalue weighted by Gasteiger charge is 2.13. The molecule has 0 fully saturated rings. The molecule has 0 radical (unpaired) electrons. The second-order valence-electron chi connectivity index (χ2n) is 3.04. The second-order valence-corrected chi connectivity index (χ2v) is 3.04. The highest BCUT2D eigenvalue weighted by Crippen LogP contribution is 2.17. The third-order valence-electron chi connectivity index (χ3n) is 1.89. The summed E-state index contributed by atoms with van der Waals surface area (Å²) in [6.07, 6.45) is -1.62. The second kappa shape index (κ2) is 4.56. The number of hydrogen-bond donors (Lipinski definition) is 3. The van der Waals surface area contributed by atoms with Crippen molar-refractivity contribution in [2.24, 2.45) is 0 Å². The molecule has 1 aromatic carbocycles. The monoisotopic (exact) mass is 210 g/mol. The van der Waals surface area contributed by atoms with Crippen molar-refractivity contribution in [3.63, 3.8) is 0 Å². The van der Waals surface area contributed by atoms with Gasteiger partial charge in [0, 0.05) is 0 Å². The van der Waals surface area contributed by atoms with Crippen molar-refractivity contribution in [3.8, 4) is 0 Å². The van der Waals surface area contributed by atoms with Gasteiger partial charge in [-0.05, 0) is 17.7 Å². The van der Waals surface area contributed by atoms with Gasteiger partial charge in [0.1, 0.15) is 0 Å². The first kappa shape index (κ1) is 11.2. The molecule has 0 amide bonds. The number of rotatable bonds is 4. The maximum atomic E-state index is 10.6. The Bertz CT molecular complexity index is 385. The third kappa shape index (κ3) is 3.07. The van der Waals surface area contributed by atoms with Crippen molar-refractivity contribution in [1.29, 1.82) is 0 Å². The van der Waals surface area contributed by atoms with Crippen molar-refractivity contribution in [3.05, 3.63) is 35.4 Å². The van der Waals surface area contributed by atoms with Crippen molar-refractivity contribution in [2.45, 2.75) is 12.5 Å². The fourth-order valence-corrected chi connectivity index (χ4v) is 1.16. The fourth-order valence-electron chi connectivity index (χ4n) is 1.16. The zero-order valence-corrected chi connectivity index (χ0v) is 7.75. The number of aliphatic hydroxyl groups is 1. The molecule has 1 atom stereocenters. The van der Waals surface area contributed by atoms with Gasteiger partial charge in [0.25, 0.3) is 0 Å². The van der Waals surface area contributed by atoms with E-state index in [4.69, 9.17) is 10.2 Å². The van der Waals surface area contributed by atoms with Crippen LogP contribution in [-0.4, -0.2) is 27.3 Å². The first-order valence-corrected chi connectivity index (χ1v) is 4.24. The summed E-state index contributed by atoms with van der Waals surface area (Å²) in [5.74, 6) is -2.25. The number of carboxylic acids is 2. The topological polar surface area (TPSA) is 94.8 Å². The quantitative estimate of drug-likeness (QED) is 0.686. The van der Waals surface area contributed by atoms with Crippen LogP contribution in [0.3, 0.4) is 0 Å². The number of aromatic carboxylic acids is 1. The molecule has 80 valence electrons. The Kier molecular flexibility index (Phi) is 3.41. The van der Waals surface area contributed by atoms with Gasteiger partial charge in [-0.15, -0.1) is 0 Å². The van der Waals surface area contributed by atoms with Gasteiger partial charge < -0.3 is 15.3 Å². The van der Waals surface area contributed by atoms with Gasteiger partial charge in [0.2, 0.25) is 0 Å². The van der Waals surface area contributed by atoms with Crippen LogP contribution >= 0.6 is 0 Å². The molecule has 0 aliphatic rings. The SMILES string of the molecule is O=C(O)C[C@@H](O)c1cccc(C(=O)O)c1. The molecule has 0 unspecified atom stereocenters. The summed E-state index contributed by atoms with van der Waals surface area (Å²) >= 11 is 0. The number of carboxylic acid groups (broad SMARTS) is 2. The van der Waals surface area contributed by atoms with E-state index in [-0.39, 0.29) is 11.1 Å². The summed E-state index contributed by atoms with van der Waals surface area (Å²) in [6.45, 7) is 0. The number of benzene rings is 1. The van der Waals surface area contributed by atoms with E-state index in [1.165, 1.54) is 24.3 Å².